The summed E-state index contributed by atoms with van der Waals surface area (Å²) >= 11 is 0. The molecule has 6 nitrogen and oxygen atoms in total. The number of nitrogens with zero attached hydrogens (tertiary/aromatic N) is 2. The lowest BCUT2D eigenvalue weighted by Crippen LogP contribution is -2.37. The van der Waals surface area contributed by atoms with Crippen LogP contribution in [-0.2, 0) is 11.8 Å². The number of ether oxygens (including phenoxy) is 2. The molecule has 2 rings (SSSR count). The molecular formula is C18H25N3O3. The molecule has 1 aromatic heterocycles. The highest BCUT2D eigenvalue weighted by Crippen LogP contribution is 2.19. The number of aromatic nitrogens is 1. The van der Waals surface area contributed by atoms with E-state index in [4.69, 9.17) is 9.47 Å². The van der Waals surface area contributed by atoms with Gasteiger partial charge in [0.2, 0.25) is 0 Å². The van der Waals surface area contributed by atoms with Crippen molar-refractivity contribution in [2.24, 2.45) is 7.05 Å². The first-order valence-corrected chi connectivity index (χ1v) is 7.82. The molecule has 0 aliphatic carbocycles. The Morgan fingerprint density at radius 3 is 2.62 bits per heavy atom. The third kappa shape index (κ3) is 4.76. The van der Waals surface area contributed by atoms with Crippen molar-refractivity contribution in [3.05, 3.63) is 48.3 Å². The van der Waals surface area contributed by atoms with Gasteiger partial charge in [0.05, 0.1) is 13.2 Å². The molecule has 1 amide bonds. The van der Waals surface area contributed by atoms with Crippen molar-refractivity contribution in [1.82, 2.24) is 14.8 Å². The van der Waals surface area contributed by atoms with Crippen molar-refractivity contribution >= 4 is 5.91 Å². The number of benzene rings is 1. The third-order valence-corrected chi connectivity index (χ3v) is 3.85. The number of hydrogen-bond acceptors (Lipinski definition) is 4. The normalized spacial score (nSPS) is 12.0. The van der Waals surface area contributed by atoms with E-state index in [9.17, 15) is 4.79 Å². The Hall–Kier alpha value is -2.47. The molecule has 0 aliphatic heterocycles. The number of carbonyl (C=O) groups excluding carboxylic acids is 1. The fraction of sp³-hybridized carbons (Fsp3) is 0.389. The van der Waals surface area contributed by atoms with Crippen LogP contribution in [0.2, 0.25) is 0 Å². The molecule has 0 spiro atoms. The molecule has 130 valence electrons. The summed E-state index contributed by atoms with van der Waals surface area (Å²) in [6.45, 7) is 0.492. The number of amides is 1. The summed E-state index contributed by atoms with van der Waals surface area (Å²) in [6.07, 6.45) is 2.00. The second-order valence-corrected chi connectivity index (χ2v) is 5.80. The van der Waals surface area contributed by atoms with Gasteiger partial charge in [-0.05, 0) is 38.4 Å². The lowest BCUT2D eigenvalue weighted by Gasteiger charge is -2.25. The maximum absolute atomic E-state index is 12.1. The van der Waals surface area contributed by atoms with E-state index in [1.165, 1.54) is 0 Å². The number of likely N-dealkylation sites (N-methyl/N-ethyl adjacent to an activating group) is 1. The molecule has 1 heterocycles. The molecule has 24 heavy (non-hydrogen) atoms. The van der Waals surface area contributed by atoms with Crippen LogP contribution in [0.5, 0.6) is 11.5 Å². The van der Waals surface area contributed by atoms with Crippen LogP contribution in [0.15, 0.2) is 42.6 Å². The predicted octanol–water partition coefficient (Wildman–Crippen LogP) is 1.83. The van der Waals surface area contributed by atoms with Crippen LogP contribution in [0.4, 0.5) is 0 Å². The van der Waals surface area contributed by atoms with Crippen molar-refractivity contribution in [3.63, 3.8) is 0 Å². The lowest BCUT2D eigenvalue weighted by molar-refractivity contribution is -0.123. The van der Waals surface area contributed by atoms with Crippen LogP contribution < -0.4 is 14.8 Å². The van der Waals surface area contributed by atoms with Gasteiger partial charge in [-0.15, -0.1) is 0 Å². The first-order valence-electron chi connectivity index (χ1n) is 7.82. The quantitative estimate of drug-likeness (QED) is 0.802. The molecule has 1 N–H and O–H groups in total. The fourth-order valence-electron chi connectivity index (χ4n) is 2.47. The highest BCUT2D eigenvalue weighted by molar-refractivity contribution is 5.77. The van der Waals surface area contributed by atoms with E-state index in [1.54, 1.807) is 19.2 Å². The fourth-order valence-corrected chi connectivity index (χ4v) is 2.47. The zero-order chi connectivity index (χ0) is 17.5. The Balaban J connectivity index is 1.86. The Bertz CT molecular complexity index is 667. The molecule has 0 bridgehead atoms. The molecule has 2 aromatic rings. The maximum Gasteiger partial charge on any atom is 0.258 e. The highest BCUT2D eigenvalue weighted by Gasteiger charge is 2.17. The zero-order valence-corrected chi connectivity index (χ0v) is 14.7. The van der Waals surface area contributed by atoms with Crippen LogP contribution in [0.25, 0.3) is 0 Å². The monoisotopic (exact) mass is 331 g/mol. The average Bonchev–Trinajstić information content (AvgIpc) is 2.99. The number of methoxy groups -OCH3 is 1. The predicted molar refractivity (Wildman–Crippen MR) is 93.3 cm³/mol. The molecule has 0 saturated heterocycles. The summed E-state index contributed by atoms with van der Waals surface area (Å²) in [4.78, 5) is 14.1. The second-order valence-electron chi connectivity index (χ2n) is 5.80. The summed E-state index contributed by atoms with van der Waals surface area (Å²) in [5.74, 6) is 1.15. The number of carbonyl (C=O) groups is 1. The summed E-state index contributed by atoms with van der Waals surface area (Å²) in [5.41, 5.74) is 1.15. The van der Waals surface area contributed by atoms with Gasteiger partial charge in [-0.1, -0.05) is 6.07 Å². The molecule has 0 radical (unpaired) electrons. The Morgan fingerprint density at radius 1 is 1.25 bits per heavy atom. The number of nitrogens with one attached hydrogen (secondary N) is 1. The lowest BCUT2D eigenvalue weighted by atomic mass is 10.2. The summed E-state index contributed by atoms with van der Waals surface area (Å²) < 4.78 is 12.7. The topological polar surface area (TPSA) is 55.7 Å². The van der Waals surface area contributed by atoms with Gasteiger partial charge in [0.1, 0.15) is 11.5 Å². The Labute approximate surface area is 143 Å². The molecule has 1 atom stereocenters. The van der Waals surface area contributed by atoms with Gasteiger partial charge in [-0.2, -0.15) is 0 Å². The van der Waals surface area contributed by atoms with Crippen LogP contribution in [0, 0.1) is 0 Å². The van der Waals surface area contributed by atoms with Gasteiger partial charge in [0.15, 0.2) is 6.61 Å². The van der Waals surface area contributed by atoms with Crippen molar-refractivity contribution in [2.75, 3.05) is 34.4 Å². The molecule has 6 heteroatoms. The van der Waals surface area contributed by atoms with E-state index < -0.39 is 0 Å². The van der Waals surface area contributed by atoms with E-state index in [1.807, 2.05) is 45.5 Å². The van der Waals surface area contributed by atoms with E-state index >= 15 is 0 Å². The minimum atomic E-state index is -0.154. The Kier molecular flexibility index (Phi) is 6.26. The first kappa shape index (κ1) is 17.9. The standard InChI is InChI=1S/C18H25N3O3/c1-20(2)17(16-9-6-10-21(16)3)12-19-18(22)13-24-15-8-5-7-14(11-15)23-4/h5-11,17H,12-13H2,1-4H3,(H,19,22). The minimum Gasteiger partial charge on any atom is -0.497 e. The summed E-state index contributed by atoms with van der Waals surface area (Å²) in [6, 6.07) is 11.4. The number of aryl methyl sites for hydroxylation is 1. The van der Waals surface area contributed by atoms with Gasteiger partial charge in [-0.3, -0.25) is 9.69 Å². The van der Waals surface area contributed by atoms with Gasteiger partial charge in [-0.25, -0.2) is 0 Å². The molecule has 0 aliphatic rings. The number of rotatable bonds is 8. The molecule has 1 aromatic carbocycles. The molecule has 0 saturated carbocycles. The number of hydrogen-bond donors (Lipinski definition) is 1. The molecule has 1 unspecified atom stereocenters. The zero-order valence-electron chi connectivity index (χ0n) is 14.7. The van der Waals surface area contributed by atoms with E-state index in [0.29, 0.717) is 18.0 Å². The van der Waals surface area contributed by atoms with Crippen LogP contribution in [0.3, 0.4) is 0 Å². The Morgan fingerprint density at radius 2 is 2.00 bits per heavy atom. The minimum absolute atomic E-state index is 0.0273. The summed E-state index contributed by atoms with van der Waals surface area (Å²) in [7, 11) is 7.59. The van der Waals surface area contributed by atoms with E-state index in [2.05, 4.69) is 20.9 Å². The van der Waals surface area contributed by atoms with Gasteiger partial charge >= 0.3 is 0 Å². The second kappa shape index (κ2) is 8.40. The first-order chi connectivity index (χ1) is 11.5. The van der Waals surface area contributed by atoms with Gasteiger partial charge in [0.25, 0.3) is 5.91 Å². The highest BCUT2D eigenvalue weighted by atomic mass is 16.5. The third-order valence-electron chi connectivity index (χ3n) is 3.85. The summed E-state index contributed by atoms with van der Waals surface area (Å²) in [5, 5.41) is 2.93. The van der Waals surface area contributed by atoms with Gasteiger partial charge in [0, 0.05) is 31.5 Å². The van der Waals surface area contributed by atoms with Gasteiger partial charge < -0.3 is 19.4 Å². The van der Waals surface area contributed by atoms with E-state index in [-0.39, 0.29) is 18.6 Å². The smallest absolute Gasteiger partial charge is 0.258 e. The van der Waals surface area contributed by atoms with Crippen LogP contribution >= 0.6 is 0 Å². The van der Waals surface area contributed by atoms with Crippen LogP contribution in [-0.4, -0.2) is 49.7 Å². The van der Waals surface area contributed by atoms with Crippen molar-refractivity contribution in [1.29, 1.82) is 0 Å². The van der Waals surface area contributed by atoms with Crippen molar-refractivity contribution < 1.29 is 14.3 Å². The largest absolute Gasteiger partial charge is 0.497 e. The molecular weight excluding hydrogens is 306 g/mol. The van der Waals surface area contributed by atoms with E-state index in [0.717, 1.165) is 5.69 Å². The van der Waals surface area contributed by atoms with Crippen molar-refractivity contribution in [2.45, 2.75) is 6.04 Å². The maximum atomic E-state index is 12.1. The molecule has 0 fully saturated rings. The SMILES string of the molecule is COc1cccc(OCC(=O)NCC(c2cccn2C)N(C)C)c1. The van der Waals surface area contributed by atoms with Crippen molar-refractivity contribution in [3.8, 4) is 11.5 Å². The van der Waals surface area contributed by atoms with Crippen LogP contribution in [0.1, 0.15) is 11.7 Å². The average molecular weight is 331 g/mol.